The second-order valence-electron chi connectivity index (χ2n) is 8.21. The van der Waals surface area contributed by atoms with Gasteiger partial charge in [0, 0.05) is 31.7 Å². The van der Waals surface area contributed by atoms with Crippen LogP contribution in [-0.4, -0.2) is 37.2 Å². The first-order valence-corrected chi connectivity index (χ1v) is 9.99. The van der Waals surface area contributed by atoms with E-state index in [9.17, 15) is 27.7 Å². The molecule has 0 radical (unpaired) electrons. The molecule has 1 aliphatic rings. The molecule has 0 aliphatic heterocycles. The number of hydrogen-bond acceptors (Lipinski definition) is 6. The number of pyridine rings is 1. The van der Waals surface area contributed by atoms with E-state index in [2.05, 4.69) is 4.98 Å². The lowest BCUT2D eigenvalue weighted by Crippen LogP contribution is -2.37. The first-order valence-electron chi connectivity index (χ1n) is 9.99. The van der Waals surface area contributed by atoms with Crippen molar-refractivity contribution in [2.45, 2.75) is 31.9 Å². The first kappa shape index (κ1) is 23.7. The third-order valence-electron chi connectivity index (χ3n) is 5.85. The Balaban J connectivity index is 2.08. The van der Waals surface area contributed by atoms with Gasteiger partial charge in [0.1, 0.15) is 11.5 Å². The second-order valence-corrected chi connectivity index (χ2v) is 8.21. The monoisotopic (exact) mass is 456 g/mol. The third kappa shape index (κ3) is 4.77. The summed E-state index contributed by atoms with van der Waals surface area (Å²) in [5, 5.41) is 11.7. The van der Waals surface area contributed by atoms with Gasteiger partial charge in [0.25, 0.3) is 0 Å². The molecule has 1 heterocycles. The summed E-state index contributed by atoms with van der Waals surface area (Å²) in [5.74, 6) is -1.85. The van der Waals surface area contributed by atoms with Gasteiger partial charge in [0.05, 0.1) is 22.8 Å². The van der Waals surface area contributed by atoms with Gasteiger partial charge in [0.15, 0.2) is 0 Å². The maximum atomic E-state index is 13.7. The molecule has 32 heavy (non-hydrogen) atoms. The van der Waals surface area contributed by atoms with Gasteiger partial charge in [-0.25, -0.2) is 9.37 Å². The first-order chi connectivity index (χ1) is 15.0. The standard InChI is InChI=1S/C21H24F4N4O3/c1-28(11-20(12-32-2)7-3-4-8-20)17-10-16(27-19(26)18(17)29(30)31)13-5-6-15(22)14(9-13)21(23,24)25/h5-6,9-10H,3-4,7-8,11-12H2,1-2H3,(H2,26,27). The zero-order valence-electron chi connectivity index (χ0n) is 17.7. The summed E-state index contributed by atoms with van der Waals surface area (Å²) in [6.45, 7) is 0.910. The lowest BCUT2D eigenvalue weighted by Gasteiger charge is -2.34. The van der Waals surface area contributed by atoms with Crippen molar-refractivity contribution in [2.24, 2.45) is 5.41 Å². The Morgan fingerprint density at radius 1 is 1.28 bits per heavy atom. The molecule has 7 nitrogen and oxygen atoms in total. The quantitative estimate of drug-likeness (QED) is 0.356. The van der Waals surface area contributed by atoms with Gasteiger partial charge in [-0.15, -0.1) is 0 Å². The van der Waals surface area contributed by atoms with Crippen LogP contribution in [0.4, 0.5) is 34.8 Å². The molecule has 2 N–H and O–H groups in total. The Bertz CT molecular complexity index is 1010. The van der Waals surface area contributed by atoms with Crippen LogP contribution in [0.25, 0.3) is 11.3 Å². The largest absolute Gasteiger partial charge is 0.419 e. The Kier molecular flexibility index (Phi) is 6.59. The minimum atomic E-state index is -4.90. The lowest BCUT2D eigenvalue weighted by molar-refractivity contribution is -0.383. The van der Waals surface area contributed by atoms with Crippen LogP contribution in [0.3, 0.4) is 0 Å². The van der Waals surface area contributed by atoms with E-state index in [1.165, 1.54) is 6.07 Å². The topological polar surface area (TPSA) is 94.5 Å². The van der Waals surface area contributed by atoms with Crippen molar-refractivity contribution in [1.29, 1.82) is 0 Å². The summed E-state index contributed by atoms with van der Waals surface area (Å²) in [7, 11) is 3.25. The number of aromatic nitrogens is 1. The van der Waals surface area contributed by atoms with E-state index in [0.29, 0.717) is 25.3 Å². The average molecular weight is 456 g/mol. The normalized spacial score (nSPS) is 15.7. The summed E-state index contributed by atoms with van der Waals surface area (Å²) in [6, 6.07) is 3.76. The van der Waals surface area contributed by atoms with Crippen LogP contribution in [0.15, 0.2) is 24.3 Å². The molecule has 1 aliphatic carbocycles. The highest BCUT2D eigenvalue weighted by atomic mass is 19.4. The molecule has 11 heteroatoms. The second kappa shape index (κ2) is 8.89. The molecule has 0 bridgehead atoms. The van der Waals surface area contributed by atoms with Crippen molar-refractivity contribution >= 4 is 17.2 Å². The third-order valence-corrected chi connectivity index (χ3v) is 5.85. The van der Waals surface area contributed by atoms with Crippen LogP contribution in [0.1, 0.15) is 31.2 Å². The van der Waals surface area contributed by atoms with Gasteiger partial charge in [-0.1, -0.05) is 12.8 Å². The van der Waals surface area contributed by atoms with E-state index < -0.39 is 34.0 Å². The van der Waals surface area contributed by atoms with Gasteiger partial charge >= 0.3 is 11.9 Å². The van der Waals surface area contributed by atoms with Crippen LogP contribution < -0.4 is 10.6 Å². The molecule has 174 valence electrons. The molecule has 1 saturated carbocycles. The summed E-state index contributed by atoms with van der Waals surface area (Å²) in [5.41, 5.74) is 3.82. The van der Waals surface area contributed by atoms with Crippen LogP contribution in [0.2, 0.25) is 0 Å². The zero-order chi connectivity index (χ0) is 23.7. The van der Waals surface area contributed by atoms with E-state index in [1.807, 2.05) is 0 Å². The predicted molar refractivity (Wildman–Crippen MR) is 112 cm³/mol. The number of nitrogens with two attached hydrogens (primary N) is 1. The molecule has 0 spiro atoms. The van der Waals surface area contributed by atoms with Crippen molar-refractivity contribution in [2.75, 3.05) is 37.9 Å². The fourth-order valence-corrected chi connectivity index (χ4v) is 4.44. The fraction of sp³-hybridized carbons (Fsp3) is 0.476. The lowest BCUT2D eigenvalue weighted by atomic mass is 9.86. The van der Waals surface area contributed by atoms with Crippen molar-refractivity contribution in [3.05, 3.63) is 45.8 Å². The van der Waals surface area contributed by atoms with E-state index in [-0.39, 0.29) is 22.4 Å². The molecule has 1 aromatic heterocycles. The molecule has 0 unspecified atom stereocenters. The number of nitro groups is 1. The van der Waals surface area contributed by atoms with Crippen LogP contribution >= 0.6 is 0 Å². The highest BCUT2D eigenvalue weighted by Crippen LogP contribution is 2.43. The molecule has 1 fully saturated rings. The van der Waals surface area contributed by atoms with Gasteiger partial charge in [-0.2, -0.15) is 13.2 Å². The average Bonchev–Trinajstić information content (AvgIpc) is 3.14. The summed E-state index contributed by atoms with van der Waals surface area (Å²) in [4.78, 5) is 16.6. The summed E-state index contributed by atoms with van der Waals surface area (Å²) in [6.07, 6.45) is -1.10. The molecule has 0 saturated heterocycles. The van der Waals surface area contributed by atoms with Crippen molar-refractivity contribution in [1.82, 2.24) is 4.98 Å². The molecule has 1 aromatic carbocycles. The number of nitrogens with zero attached hydrogens (tertiary/aromatic N) is 3. The van der Waals surface area contributed by atoms with Gasteiger partial charge in [-0.3, -0.25) is 10.1 Å². The maximum Gasteiger partial charge on any atom is 0.419 e. The van der Waals surface area contributed by atoms with E-state index in [0.717, 1.165) is 31.7 Å². The number of rotatable bonds is 7. The minimum Gasteiger partial charge on any atom is -0.384 e. The van der Waals surface area contributed by atoms with Crippen molar-refractivity contribution in [3.8, 4) is 11.3 Å². The van der Waals surface area contributed by atoms with Crippen LogP contribution in [0, 0.1) is 21.3 Å². The molecule has 0 amide bonds. The van der Waals surface area contributed by atoms with Gasteiger partial charge in [-0.05, 0) is 37.1 Å². The van der Waals surface area contributed by atoms with Gasteiger partial charge in [0.2, 0.25) is 5.82 Å². The highest BCUT2D eigenvalue weighted by Gasteiger charge is 2.37. The Morgan fingerprint density at radius 2 is 1.94 bits per heavy atom. The molecular formula is C21H24F4N4O3. The minimum absolute atomic E-state index is 0.0207. The molecule has 0 atom stereocenters. The number of anilines is 2. The smallest absolute Gasteiger partial charge is 0.384 e. The summed E-state index contributed by atoms with van der Waals surface area (Å²) >= 11 is 0. The summed E-state index contributed by atoms with van der Waals surface area (Å²) < 4.78 is 58.5. The molecule has 3 rings (SSSR count). The van der Waals surface area contributed by atoms with E-state index >= 15 is 0 Å². The fourth-order valence-electron chi connectivity index (χ4n) is 4.44. The molecule has 2 aromatic rings. The van der Waals surface area contributed by atoms with Crippen LogP contribution in [0.5, 0.6) is 0 Å². The Hall–Kier alpha value is -2.95. The SMILES string of the molecule is COCC1(CN(C)c2cc(-c3ccc(F)c(C(F)(F)F)c3)nc(N)c2[N+](=O)[O-])CCCC1. The number of alkyl halides is 3. The maximum absolute atomic E-state index is 13.7. The number of nitrogen functional groups attached to an aromatic ring is 1. The van der Waals surface area contributed by atoms with Crippen LogP contribution in [-0.2, 0) is 10.9 Å². The zero-order valence-corrected chi connectivity index (χ0v) is 17.7. The van der Waals surface area contributed by atoms with E-state index in [4.69, 9.17) is 10.5 Å². The number of benzene rings is 1. The number of methoxy groups -OCH3 is 1. The van der Waals surface area contributed by atoms with Crippen molar-refractivity contribution < 1.29 is 27.2 Å². The Labute approximate surface area is 182 Å². The van der Waals surface area contributed by atoms with Crippen molar-refractivity contribution in [3.63, 3.8) is 0 Å². The Morgan fingerprint density at radius 3 is 2.50 bits per heavy atom. The van der Waals surface area contributed by atoms with Gasteiger partial charge < -0.3 is 15.4 Å². The highest BCUT2D eigenvalue weighted by molar-refractivity contribution is 5.79. The number of halogens is 4. The van der Waals surface area contributed by atoms with E-state index in [1.54, 1.807) is 19.1 Å². The predicted octanol–water partition coefficient (Wildman–Crippen LogP) is 5.04. The molecular weight excluding hydrogens is 432 g/mol. The number of hydrogen-bond donors (Lipinski definition) is 1. The number of ether oxygens (including phenoxy) is 1.